The van der Waals surface area contributed by atoms with Gasteiger partial charge in [0.15, 0.2) is 10.2 Å². The van der Waals surface area contributed by atoms with Gasteiger partial charge in [-0.15, -0.1) is 11.3 Å². The van der Waals surface area contributed by atoms with E-state index < -0.39 is 0 Å². The van der Waals surface area contributed by atoms with Crippen molar-refractivity contribution < 1.29 is 0 Å². The summed E-state index contributed by atoms with van der Waals surface area (Å²) < 4.78 is 0. The molecular weight excluding hydrogens is 250 g/mol. The van der Waals surface area contributed by atoms with Gasteiger partial charge in [-0.1, -0.05) is 37.0 Å². The maximum absolute atomic E-state index is 5.11. The molecule has 1 aromatic rings. The van der Waals surface area contributed by atoms with E-state index in [1.54, 1.807) is 12.3 Å². The summed E-state index contributed by atoms with van der Waals surface area (Å²) in [5, 5.41) is 9.43. The largest absolute Gasteiger partial charge is 0.362 e. The second-order valence-electron chi connectivity index (χ2n) is 3.06. The summed E-state index contributed by atoms with van der Waals surface area (Å²) in [6.07, 6.45) is 12.3. The van der Waals surface area contributed by atoms with Gasteiger partial charge in [0, 0.05) is 18.1 Å². The Kier molecular flexibility index (Phi) is 6.93. The van der Waals surface area contributed by atoms with Gasteiger partial charge in [0.1, 0.15) is 0 Å². The molecule has 0 spiro atoms. The maximum Gasteiger partial charge on any atom is 0.188 e. The van der Waals surface area contributed by atoms with Crippen LogP contribution in [0.3, 0.4) is 0 Å². The molecule has 0 unspecified atom stereocenters. The van der Waals surface area contributed by atoms with Gasteiger partial charge in [0.25, 0.3) is 0 Å². The van der Waals surface area contributed by atoms with Crippen molar-refractivity contribution in [2.75, 3.05) is 11.9 Å². The molecule has 3 nitrogen and oxygen atoms in total. The Morgan fingerprint density at radius 3 is 3.06 bits per heavy atom. The average Bonchev–Trinajstić information content (AvgIpc) is 2.80. The third-order valence-electron chi connectivity index (χ3n) is 1.74. The number of thiazole rings is 1. The van der Waals surface area contributed by atoms with E-state index >= 15 is 0 Å². The number of aromatic nitrogens is 1. The summed E-state index contributed by atoms with van der Waals surface area (Å²) >= 11 is 6.64. The predicted octanol–water partition coefficient (Wildman–Crippen LogP) is 3.12. The van der Waals surface area contributed by atoms with Crippen molar-refractivity contribution in [2.45, 2.75) is 6.42 Å². The van der Waals surface area contributed by atoms with Gasteiger partial charge >= 0.3 is 0 Å². The zero-order chi connectivity index (χ0) is 12.3. The van der Waals surface area contributed by atoms with Crippen molar-refractivity contribution in [1.82, 2.24) is 10.3 Å². The molecule has 17 heavy (non-hydrogen) atoms. The van der Waals surface area contributed by atoms with E-state index in [4.69, 9.17) is 12.2 Å². The number of nitrogens with one attached hydrogen (secondary N) is 2. The quantitative estimate of drug-likeness (QED) is 0.471. The van der Waals surface area contributed by atoms with Crippen LogP contribution >= 0.6 is 23.6 Å². The lowest BCUT2D eigenvalue weighted by molar-refractivity contribution is 0.897. The fraction of sp³-hybridized carbons (Fsp3) is 0.167. The molecule has 0 atom stereocenters. The Morgan fingerprint density at radius 1 is 1.47 bits per heavy atom. The molecule has 0 saturated heterocycles. The fourth-order valence-corrected chi connectivity index (χ4v) is 1.81. The third kappa shape index (κ3) is 6.65. The molecule has 1 heterocycles. The monoisotopic (exact) mass is 265 g/mol. The van der Waals surface area contributed by atoms with Crippen LogP contribution in [0, 0.1) is 0 Å². The van der Waals surface area contributed by atoms with Crippen LogP contribution in [0.25, 0.3) is 0 Å². The van der Waals surface area contributed by atoms with E-state index in [2.05, 4.69) is 28.3 Å². The van der Waals surface area contributed by atoms with Crippen LogP contribution in [-0.2, 0) is 0 Å². The van der Waals surface area contributed by atoms with E-state index in [-0.39, 0.29) is 0 Å². The van der Waals surface area contributed by atoms with Crippen LogP contribution in [0.1, 0.15) is 6.42 Å². The number of nitrogens with zero attached hydrogens (tertiary/aromatic N) is 1. The van der Waals surface area contributed by atoms with Gasteiger partial charge in [0.05, 0.1) is 0 Å². The SMILES string of the molecule is C=C/C=C\C=C/CCNC(=S)Nc1nccs1. The van der Waals surface area contributed by atoms with Crippen LogP contribution in [0.4, 0.5) is 5.13 Å². The van der Waals surface area contributed by atoms with Crippen LogP contribution in [0.15, 0.2) is 48.5 Å². The highest BCUT2D eigenvalue weighted by Gasteiger charge is 1.97. The predicted molar refractivity (Wildman–Crippen MR) is 79.4 cm³/mol. The molecule has 0 aliphatic rings. The highest BCUT2D eigenvalue weighted by molar-refractivity contribution is 7.80. The molecule has 0 bridgehead atoms. The Morgan fingerprint density at radius 2 is 2.35 bits per heavy atom. The molecule has 5 heteroatoms. The molecule has 0 saturated carbocycles. The van der Waals surface area contributed by atoms with Crippen molar-refractivity contribution in [3.05, 3.63) is 48.5 Å². The lowest BCUT2D eigenvalue weighted by Gasteiger charge is -2.06. The maximum atomic E-state index is 5.11. The molecule has 0 amide bonds. The van der Waals surface area contributed by atoms with E-state index in [1.807, 2.05) is 23.6 Å². The summed E-state index contributed by atoms with van der Waals surface area (Å²) in [5.74, 6) is 0. The molecule has 0 aliphatic carbocycles. The molecular formula is C12H15N3S2. The van der Waals surface area contributed by atoms with Crippen molar-refractivity contribution in [3.8, 4) is 0 Å². The van der Waals surface area contributed by atoms with Crippen LogP contribution in [0.5, 0.6) is 0 Å². The summed E-state index contributed by atoms with van der Waals surface area (Å²) in [7, 11) is 0. The van der Waals surface area contributed by atoms with Crippen molar-refractivity contribution >= 4 is 33.8 Å². The number of hydrogen-bond donors (Lipinski definition) is 2. The molecule has 0 fully saturated rings. The van der Waals surface area contributed by atoms with Gasteiger partial charge in [-0.3, -0.25) is 0 Å². The number of rotatable bonds is 6. The Labute approximate surface area is 111 Å². The molecule has 1 aromatic heterocycles. The first-order valence-electron chi connectivity index (χ1n) is 5.21. The lowest BCUT2D eigenvalue weighted by atomic mass is 10.3. The normalized spacial score (nSPS) is 10.8. The average molecular weight is 265 g/mol. The summed E-state index contributed by atoms with van der Waals surface area (Å²) in [6.45, 7) is 4.39. The minimum Gasteiger partial charge on any atom is -0.362 e. The number of anilines is 1. The molecule has 0 aliphatic heterocycles. The van der Waals surface area contributed by atoms with E-state index in [0.29, 0.717) is 5.11 Å². The first-order valence-corrected chi connectivity index (χ1v) is 6.50. The van der Waals surface area contributed by atoms with Crippen molar-refractivity contribution in [2.24, 2.45) is 0 Å². The molecule has 0 radical (unpaired) electrons. The van der Waals surface area contributed by atoms with E-state index in [9.17, 15) is 0 Å². The minimum absolute atomic E-state index is 0.606. The van der Waals surface area contributed by atoms with Crippen molar-refractivity contribution in [3.63, 3.8) is 0 Å². The molecule has 90 valence electrons. The summed E-state index contributed by atoms with van der Waals surface area (Å²) in [5.41, 5.74) is 0. The zero-order valence-corrected chi connectivity index (χ0v) is 11.1. The lowest BCUT2D eigenvalue weighted by Crippen LogP contribution is -2.28. The highest BCUT2D eigenvalue weighted by Crippen LogP contribution is 2.09. The summed E-state index contributed by atoms with van der Waals surface area (Å²) in [4.78, 5) is 4.08. The first-order chi connectivity index (χ1) is 8.33. The standard InChI is InChI=1S/C12H15N3S2/c1-2-3-4-5-6-7-8-13-11(16)15-12-14-9-10-17-12/h2-6,9-10H,1,7-8H2,(H2,13,14,15,16)/b4-3-,6-5-. The van der Waals surface area contributed by atoms with Gasteiger partial charge < -0.3 is 10.6 Å². The Bertz CT molecular complexity index is 394. The third-order valence-corrected chi connectivity index (χ3v) is 2.68. The van der Waals surface area contributed by atoms with Crippen molar-refractivity contribution in [1.29, 1.82) is 0 Å². The number of hydrogen-bond acceptors (Lipinski definition) is 3. The molecule has 1 rings (SSSR count). The van der Waals surface area contributed by atoms with Gasteiger partial charge in [-0.2, -0.15) is 0 Å². The van der Waals surface area contributed by atoms with Crippen LogP contribution < -0.4 is 10.6 Å². The summed E-state index contributed by atoms with van der Waals surface area (Å²) in [6, 6.07) is 0. The van der Waals surface area contributed by atoms with E-state index in [1.165, 1.54) is 11.3 Å². The van der Waals surface area contributed by atoms with E-state index in [0.717, 1.165) is 18.1 Å². The molecule has 2 N–H and O–H groups in total. The second-order valence-corrected chi connectivity index (χ2v) is 4.36. The number of thiocarbonyl (C=S) groups is 1. The Hall–Kier alpha value is -1.46. The van der Waals surface area contributed by atoms with Crippen LogP contribution in [0.2, 0.25) is 0 Å². The van der Waals surface area contributed by atoms with Gasteiger partial charge in [0.2, 0.25) is 0 Å². The smallest absolute Gasteiger partial charge is 0.188 e. The van der Waals surface area contributed by atoms with Gasteiger partial charge in [-0.05, 0) is 18.6 Å². The molecule has 0 aromatic carbocycles. The number of allylic oxidation sites excluding steroid dienone is 4. The minimum atomic E-state index is 0.606. The topological polar surface area (TPSA) is 37.0 Å². The second kappa shape index (κ2) is 8.66. The Balaban J connectivity index is 2.10. The van der Waals surface area contributed by atoms with Crippen LogP contribution in [-0.4, -0.2) is 16.6 Å². The van der Waals surface area contributed by atoms with Gasteiger partial charge in [-0.25, -0.2) is 4.98 Å². The first kappa shape index (κ1) is 13.6. The fourth-order valence-electron chi connectivity index (χ4n) is 1.01. The highest BCUT2D eigenvalue weighted by atomic mass is 32.1. The zero-order valence-electron chi connectivity index (χ0n) is 9.43.